The van der Waals surface area contributed by atoms with Crippen LogP contribution in [-0.2, 0) is 0 Å². The summed E-state index contributed by atoms with van der Waals surface area (Å²) in [6.45, 7) is 0. The molecule has 0 heterocycles. The molecule has 0 bridgehead atoms. The van der Waals surface area contributed by atoms with Crippen LogP contribution >= 0.6 is 0 Å². The molecule has 0 aliphatic heterocycles. The van der Waals surface area contributed by atoms with Crippen LogP contribution in [0.5, 0.6) is 0 Å². The van der Waals surface area contributed by atoms with E-state index in [4.69, 9.17) is 0 Å². The van der Waals surface area contributed by atoms with E-state index in [0.717, 1.165) is 44.9 Å². The maximum absolute atomic E-state index is 14.1. The van der Waals surface area contributed by atoms with E-state index in [9.17, 15) is 4.79 Å². The highest BCUT2D eigenvalue weighted by atomic mass is 16.1. The fourth-order valence-corrected chi connectivity index (χ4v) is 8.42. The molecule has 0 saturated carbocycles. The fourth-order valence-electron chi connectivity index (χ4n) is 8.42. The molecule has 0 radical (unpaired) electrons. The molecule has 0 aromatic heterocycles. The van der Waals surface area contributed by atoms with Gasteiger partial charge in [0.2, 0.25) is 0 Å². The van der Waals surface area contributed by atoms with Gasteiger partial charge in [-0.2, -0.15) is 0 Å². The van der Waals surface area contributed by atoms with Gasteiger partial charge in [0, 0.05) is 28.8 Å². The lowest BCUT2D eigenvalue weighted by molar-refractivity contribution is 0.104. The topological polar surface area (TPSA) is 20.3 Å². The number of ketones is 1. The number of rotatable bonds is 5. The van der Waals surface area contributed by atoms with Crippen molar-refractivity contribution in [1.82, 2.24) is 0 Å². The summed E-state index contributed by atoms with van der Waals surface area (Å²) in [5.41, 5.74) is 13.9. The van der Waals surface area contributed by atoms with Crippen molar-refractivity contribution in [3.63, 3.8) is 0 Å². The van der Waals surface area contributed by atoms with Crippen LogP contribution in [0.1, 0.15) is 38.5 Å². The Balaban J connectivity index is 1.07. The molecule has 240 valence electrons. The number of benzene rings is 7. The van der Waals surface area contributed by atoms with Gasteiger partial charge < -0.3 is 4.90 Å². The zero-order chi connectivity index (χ0) is 33.9. The van der Waals surface area contributed by atoms with Gasteiger partial charge in [0.05, 0.1) is 11.3 Å². The Morgan fingerprint density at radius 2 is 1.14 bits per heavy atom. The van der Waals surface area contributed by atoms with Crippen LogP contribution in [0.15, 0.2) is 182 Å². The van der Waals surface area contributed by atoms with Crippen molar-refractivity contribution < 1.29 is 4.79 Å². The lowest BCUT2D eigenvalue weighted by Crippen LogP contribution is -2.17. The summed E-state index contributed by atoms with van der Waals surface area (Å²) in [4.78, 5) is 16.3. The first-order valence-corrected chi connectivity index (χ1v) is 17.6. The molecule has 3 aliphatic carbocycles. The molecule has 10 rings (SSSR count). The number of anilines is 3. The Morgan fingerprint density at radius 1 is 0.490 bits per heavy atom. The molecule has 2 atom stereocenters. The van der Waals surface area contributed by atoms with Crippen molar-refractivity contribution in [1.29, 1.82) is 0 Å². The Bertz CT molecular complexity index is 2600. The second-order valence-corrected chi connectivity index (χ2v) is 13.6. The number of carbonyl (C=O) groups is 1. The lowest BCUT2D eigenvalue weighted by atomic mass is 9.72. The molecule has 7 aromatic rings. The molecule has 0 saturated heterocycles. The average molecular weight is 652 g/mol. The van der Waals surface area contributed by atoms with E-state index in [1.54, 1.807) is 0 Å². The van der Waals surface area contributed by atoms with Gasteiger partial charge >= 0.3 is 0 Å². The largest absolute Gasteiger partial charge is 0.310 e. The van der Waals surface area contributed by atoms with Crippen LogP contribution in [0, 0.1) is 5.92 Å². The Hall–Kier alpha value is -6.51. The van der Waals surface area contributed by atoms with Crippen molar-refractivity contribution in [3.05, 3.63) is 210 Å². The number of carbonyl (C=O) groups excluding carboxylic acids is 1. The molecule has 0 fully saturated rings. The number of fused-ring (bicyclic) bond motifs is 7. The van der Waals surface area contributed by atoms with Gasteiger partial charge in [-0.05, 0) is 85.6 Å². The molecule has 0 spiro atoms. The van der Waals surface area contributed by atoms with E-state index in [1.165, 1.54) is 38.6 Å². The van der Waals surface area contributed by atoms with Crippen LogP contribution in [-0.4, -0.2) is 5.78 Å². The minimum atomic E-state index is 0.0692. The Labute approximate surface area is 298 Å². The smallest absolute Gasteiger partial charge is 0.196 e. The summed E-state index contributed by atoms with van der Waals surface area (Å²) in [6, 6.07) is 55.5. The van der Waals surface area contributed by atoms with E-state index in [-0.39, 0.29) is 11.7 Å². The van der Waals surface area contributed by atoms with Gasteiger partial charge in [-0.15, -0.1) is 0 Å². The van der Waals surface area contributed by atoms with Crippen LogP contribution in [0.4, 0.5) is 17.1 Å². The minimum Gasteiger partial charge on any atom is -0.310 e. The zero-order valence-electron chi connectivity index (χ0n) is 27.9. The summed E-state index contributed by atoms with van der Waals surface area (Å²) in [6.07, 6.45) is 11.4. The van der Waals surface area contributed by atoms with Crippen molar-refractivity contribution >= 4 is 45.3 Å². The Morgan fingerprint density at radius 3 is 1.98 bits per heavy atom. The summed E-state index contributed by atoms with van der Waals surface area (Å²) in [5.74, 6) is 0.670. The number of nitrogens with zero attached hydrogens (tertiary/aromatic N) is 1. The van der Waals surface area contributed by atoms with E-state index in [2.05, 4.69) is 175 Å². The summed E-state index contributed by atoms with van der Waals surface area (Å²) < 4.78 is 0. The number of hydrogen-bond acceptors (Lipinski definition) is 2. The van der Waals surface area contributed by atoms with Gasteiger partial charge in [-0.1, -0.05) is 158 Å². The number of hydrogen-bond donors (Lipinski definition) is 0. The first kappa shape index (κ1) is 29.4. The van der Waals surface area contributed by atoms with Gasteiger partial charge in [0.25, 0.3) is 0 Å². The molecular formula is C49H33NO. The highest BCUT2D eigenvalue weighted by Crippen LogP contribution is 2.48. The van der Waals surface area contributed by atoms with Crippen LogP contribution in [0.2, 0.25) is 0 Å². The standard InChI is InChI=1S/C49H33NO/c51-49-46-16-6-5-15-43(46)45-20-9-21-47(48(45)49)50(36-27-22-34(23-28-36)39-17-7-12-32-10-1-3-13-38(32)39)37-29-24-35(25-30-37)41-18-8-19-42-40-14-4-2-11-33(40)26-31-44(41)42/h1-31,42,44H. The summed E-state index contributed by atoms with van der Waals surface area (Å²) in [7, 11) is 0. The highest BCUT2D eigenvalue weighted by Gasteiger charge is 2.32. The molecule has 7 aromatic carbocycles. The Kier molecular flexibility index (Phi) is 6.82. The quantitative estimate of drug-likeness (QED) is 0.185. The highest BCUT2D eigenvalue weighted by molar-refractivity contribution is 6.25. The third-order valence-corrected chi connectivity index (χ3v) is 10.8. The van der Waals surface area contributed by atoms with Crippen LogP contribution in [0.25, 0.3) is 44.7 Å². The van der Waals surface area contributed by atoms with Crippen molar-refractivity contribution in [2.45, 2.75) is 5.92 Å². The molecule has 2 nitrogen and oxygen atoms in total. The molecule has 0 N–H and O–H groups in total. The second kappa shape index (κ2) is 11.8. The predicted molar refractivity (Wildman–Crippen MR) is 212 cm³/mol. The first-order chi connectivity index (χ1) is 25.2. The third kappa shape index (κ3) is 4.75. The van der Waals surface area contributed by atoms with Crippen LogP contribution in [0.3, 0.4) is 0 Å². The fraction of sp³-hybridized carbons (Fsp3) is 0.0408. The van der Waals surface area contributed by atoms with E-state index in [1.807, 2.05) is 18.2 Å². The average Bonchev–Trinajstić information content (AvgIpc) is 3.50. The van der Waals surface area contributed by atoms with Gasteiger partial charge in [-0.3, -0.25) is 4.79 Å². The second-order valence-electron chi connectivity index (χ2n) is 13.6. The molecule has 3 aliphatic rings. The zero-order valence-corrected chi connectivity index (χ0v) is 27.9. The normalized spacial score (nSPS) is 16.6. The minimum absolute atomic E-state index is 0.0692. The van der Waals surface area contributed by atoms with E-state index >= 15 is 0 Å². The molecule has 2 heteroatoms. The summed E-state index contributed by atoms with van der Waals surface area (Å²) in [5, 5.41) is 2.45. The molecule has 2 unspecified atom stereocenters. The van der Waals surface area contributed by atoms with Crippen molar-refractivity contribution in [2.24, 2.45) is 5.92 Å². The monoisotopic (exact) mass is 651 g/mol. The van der Waals surface area contributed by atoms with Gasteiger partial charge in [-0.25, -0.2) is 0 Å². The molecule has 51 heavy (non-hydrogen) atoms. The molecular weight excluding hydrogens is 619 g/mol. The lowest BCUT2D eigenvalue weighted by Gasteiger charge is -2.32. The van der Waals surface area contributed by atoms with Crippen LogP contribution < -0.4 is 4.90 Å². The van der Waals surface area contributed by atoms with Crippen molar-refractivity contribution in [2.75, 3.05) is 4.90 Å². The van der Waals surface area contributed by atoms with E-state index < -0.39 is 0 Å². The van der Waals surface area contributed by atoms with Gasteiger partial charge in [0.1, 0.15) is 0 Å². The summed E-state index contributed by atoms with van der Waals surface area (Å²) >= 11 is 0. The predicted octanol–water partition coefficient (Wildman–Crippen LogP) is 12.6. The van der Waals surface area contributed by atoms with Gasteiger partial charge in [0.15, 0.2) is 5.78 Å². The number of allylic oxidation sites excluding steroid dienone is 5. The maximum atomic E-state index is 14.1. The first-order valence-electron chi connectivity index (χ1n) is 17.6. The molecule has 0 amide bonds. The van der Waals surface area contributed by atoms with Crippen molar-refractivity contribution in [3.8, 4) is 22.3 Å². The SMILES string of the molecule is O=C1c2ccccc2-c2cccc(N(c3ccc(C4=CC=CC5c6ccccc6C=CC45)cc3)c3ccc(-c4cccc5ccccc45)cc3)c21. The third-order valence-electron chi connectivity index (χ3n) is 10.8. The maximum Gasteiger partial charge on any atom is 0.196 e. The van der Waals surface area contributed by atoms with E-state index in [0.29, 0.717) is 5.92 Å².